The number of hydrogen-bond acceptors (Lipinski definition) is 6. The summed E-state index contributed by atoms with van der Waals surface area (Å²) in [5, 5.41) is 12.7. The Bertz CT molecular complexity index is 582. The normalized spacial score (nSPS) is 16.7. The molecule has 1 heterocycles. The second-order valence-corrected chi connectivity index (χ2v) is 5.35. The third-order valence-electron chi connectivity index (χ3n) is 3.41. The monoisotopic (exact) mass is 335 g/mol. The Kier molecular flexibility index (Phi) is 6.71. The molecule has 8 nitrogen and oxygen atoms in total. The second kappa shape index (κ2) is 8.99. The van der Waals surface area contributed by atoms with Crippen molar-refractivity contribution in [3.63, 3.8) is 0 Å². The van der Waals surface area contributed by atoms with Crippen LogP contribution < -0.4 is 10.2 Å². The van der Waals surface area contributed by atoms with Crippen LogP contribution in [0.2, 0.25) is 0 Å². The van der Waals surface area contributed by atoms with Gasteiger partial charge in [-0.25, -0.2) is 10.2 Å². The number of carbonyl (C=O) groups excluding carboxylic acids is 1. The standard InChI is InChI=1S/C16H21N3O5/c1-12(16(21)22)24-14-4-2-13(3-5-14)10-17-18-15(20)11-19-6-8-23-9-7-19/h2-5,10,12H,6-9,11H2,1H3,(H,18,20)(H,21,22)/b17-10-/t12-/m0/s1. The molecule has 1 aliphatic heterocycles. The van der Waals surface area contributed by atoms with Gasteiger partial charge in [-0.05, 0) is 36.8 Å². The molecule has 0 aromatic heterocycles. The SMILES string of the molecule is C[C@H](Oc1ccc(/C=N\NC(=O)CN2CCOCC2)cc1)C(=O)O. The number of nitrogens with zero attached hydrogens (tertiary/aromatic N) is 2. The van der Waals surface area contributed by atoms with Gasteiger partial charge in [0.15, 0.2) is 6.10 Å². The summed E-state index contributed by atoms with van der Waals surface area (Å²) in [4.78, 5) is 24.5. The Balaban J connectivity index is 1.77. The molecule has 130 valence electrons. The van der Waals surface area contributed by atoms with Crippen molar-refractivity contribution < 1.29 is 24.2 Å². The minimum atomic E-state index is -1.02. The van der Waals surface area contributed by atoms with Gasteiger partial charge in [-0.15, -0.1) is 0 Å². The Morgan fingerprint density at radius 1 is 1.38 bits per heavy atom. The minimum absolute atomic E-state index is 0.177. The Morgan fingerprint density at radius 3 is 2.67 bits per heavy atom. The highest BCUT2D eigenvalue weighted by molar-refractivity contribution is 5.83. The number of aliphatic carboxylic acids is 1. The first-order valence-corrected chi connectivity index (χ1v) is 7.66. The van der Waals surface area contributed by atoms with E-state index in [0.717, 1.165) is 18.7 Å². The maximum atomic E-state index is 11.8. The van der Waals surface area contributed by atoms with Crippen molar-refractivity contribution in [1.29, 1.82) is 0 Å². The minimum Gasteiger partial charge on any atom is -0.479 e. The van der Waals surface area contributed by atoms with Gasteiger partial charge in [0.25, 0.3) is 5.91 Å². The molecule has 0 bridgehead atoms. The molecule has 1 saturated heterocycles. The Labute approximate surface area is 140 Å². The van der Waals surface area contributed by atoms with Gasteiger partial charge in [-0.3, -0.25) is 9.69 Å². The van der Waals surface area contributed by atoms with Crippen molar-refractivity contribution in [3.05, 3.63) is 29.8 Å². The molecule has 0 radical (unpaired) electrons. The van der Waals surface area contributed by atoms with E-state index in [9.17, 15) is 9.59 Å². The highest BCUT2D eigenvalue weighted by Gasteiger charge is 2.13. The fourth-order valence-electron chi connectivity index (χ4n) is 2.06. The van der Waals surface area contributed by atoms with Crippen molar-refractivity contribution in [2.75, 3.05) is 32.8 Å². The van der Waals surface area contributed by atoms with E-state index in [4.69, 9.17) is 14.6 Å². The van der Waals surface area contributed by atoms with Crippen molar-refractivity contribution in [3.8, 4) is 5.75 Å². The molecule has 1 atom stereocenters. The lowest BCUT2D eigenvalue weighted by atomic mass is 10.2. The molecule has 1 aromatic rings. The van der Waals surface area contributed by atoms with Gasteiger partial charge in [-0.1, -0.05) is 0 Å². The van der Waals surface area contributed by atoms with Crippen molar-refractivity contribution >= 4 is 18.1 Å². The zero-order chi connectivity index (χ0) is 17.4. The van der Waals surface area contributed by atoms with Gasteiger partial charge in [0.2, 0.25) is 0 Å². The first-order valence-electron chi connectivity index (χ1n) is 7.66. The number of nitrogens with one attached hydrogen (secondary N) is 1. The number of amides is 1. The summed E-state index contributed by atoms with van der Waals surface area (Å²) in [5.74, 6) is -0.745. The summed E-state index contributed by atoms with van der Waals surface area (Å²) in [6, 6.07) is 6.75. The molecule has 1 aromatic carbocycles. The zero-order valence-corrected chi connectivity index (χ0v) is 13.5. The van der Waals surface area contributed by atoms with Gasteiger partial charge >= 0.3 is 5.97 Å². The van der Waals surface area contributed by atoms with E-state index >= 15 is 0 Å². The summed E-state index contributed by atoms with van der Waals surface area (Å²) in [5.41, 5.74) is 3.24. The zero-order valence-electron chi connectivity index (χ0n) is 13.5. The number of benzene rings is 1. The average molecular weight is 335 g/mol. The summed E-state index contributed by atoms with van der Waals surface area (Å²) in [6.07, 6.45) is 0.603. The quantitative estimate of drug-likeness (QED) is 0.550. The lowest BCUT2D eigenvalue weighted by Crippen LogP contribution is -2.42. The largest absolute Gasteiger partial charge is 0.479 e. The van der Waals surface area contributed by atoms with E-state index in [-0.39, 0.29) is 5.91 Å². The Hall–Kier alpha value is -2.45. The van der Waals surface area contributed by atoms with Gasteiger partial charge < -0.3 is 14.6 Å². The van der Waals surface area contributed by atoms with Crippen LogP contribution in [0.4, 0.5) is 0 Å². The number of morpholine rings is 1. The summed E-state index contributed by atoms with van der Waals surface area (Å²) in [7, 11) is 0. The summed E-state index contributed by atoms with van der Waals surface area (Å²) < 4.78 is 10.4. The number of rotatable bonds is 7. The number of carboxylic acids is 1. The van der Waals surface area contributed by atoms with Crippen LogP contribution in [0.5, 0.6) is 5.75 Å². The molecule has 0 spiro atoms. The second-order valence-electron chi connectivity index (χ2n) is 5.35. The molecule has 2 rings (SSSR count). The fourth-order valence-corrected chi connectivity index (χ4v) is 2.06. The fraction of sp³-hybridized carbons (Fsp3) is 0.438. The molecular formula is C16H21N3O5. The number of hydrogen-bond donors (Lipinski definition) is 2. The smallest absolute Gasteiger partial charge is 0.344 e. The van der Waals surface area contributed by atoms with Crippen LogP contribution in [0.1, 0.15) is 12.5 Å². The molecule has 0 aliphatic carbocycles. The van der Waals surface area contributed by atoms with Crippen molar-refractivity contribution in [2.45, 2.75) is 13.0 Å². The van der Waals surface area contributed by atoms with E-state index in [1.807, 2.05) is 4.90 Å². The predicted molar refractivity (Wildman–Crippen MR) is 87.2 cm³/mol. The van der Waals surface area contributed by atoms with E-state index in [2.05, 4.69) is 10.5 Å². The molecule has 1 amide bonds. The van der Waals surface area contributed by atoms with Crippen LogP contribution in [-0.4, -0.2) is 67.0 Å². The van der Waals surface area contributed by atoms with Gasteiger partial charge in [-0.2, -0.15) is 5.10 Å². The highest BCUT2D eigenvalue weighted by atomic mass is 16.5. The van der Waals surface area contributed by atoms with Crippen LogP contribution in [0, 0.1) is 0 Å². The van der Waals surface area contributed by atoms with Crippen LogP contribution in [0.3, 0.4) is 0 Å². The van der Waals surface area contributed by atoms with Crippen molar-refractivity contribution in [2.24, 2.45) is 5.10 Å². The van der Waals surface area contributed by atoms with Crippen LogP contribution in [-0.2, 0) is 14.3 Å². The lowest BCUT2D eigenvalue weighted by molar-refractivity contribution is -0.144. The average Bonchev–Trinajstić information content (AvgIpc) is 2.57. The van der Waals surface area contributed by atoms with E-state index < -0.39 is 12.1 Å². The molecule has 24 heavy (non-hydrogen) atoms. The van der Waals surface area contributed by atoms with E-state index in [1.54, 1.807) is 24.3 Å². The molecular weight excluding hydrogens is 314 g/mol. The molecule has 1 fully saturated rings. The van der Waals surface area contributed by atoms with Gasteiger partial charge in [0.1, 0.15) is 5.75 Å². The predicted octanol–water partition coefficient (Wildman–Crippen LogP) is 0.321. The number of hydrazone groups is 1. The molecule has 2 N–H and O–H groups in total. The molecule has 1 aliphatic rings. The number of carboxylic acid groups (broad SMARTS) is 1. The highest BCUT2D eigenvalue weighted by Crippen LogP contribution is 2.13. The number of carbonyl (C=O) groups is 2. The van der Waals surface area contributed by atoms with Gasteiger partial charge in [0.05, 0.1) is 26.0 Å². The van der Waals surface area contributed by atoms with Crippen LogP contribution in [0.15, 0.2) is 29.4 Å². The van der Waals surface area contributed by atoms with Crippen LogP contribution >= 0.6 is 0 Å². The third-order valence-corrected chi connectivity index (χ3v) is 3.41. The maximum Gasteiger partial charge on any atom is 0.344 e. The van der Waals surface area contributed by atoms with E-state index in [1.165, 1.54) is 13.1 Å². The van der Waals surface area contributed by atoms with Crippen molar-refractivity contribution in [1.82, 2.24) is 10.3 Å². The summed E-state index contributed by atoms with van der Waals surface area (Å²) >= 11 is 0. The first kappa shape index (κ1) is 17.9. The first-order chi connectivity index (χ1) is 11.5. The summed E-state index contributed by atoms with van der Waals surface area (Å²) in [6.45, 7) is 4.53. The third kappa shape index (κ3) is 5.98. The topological polar surface area (TPSA) is 100 Å². The molecule has 8 heteroatoms. The maximum absolute atomic E-state index is 11.8. The van der Waals surface area contributed by atoms with E-state index in [0.29, 0.717) is 25.5 Å². The number of ether oxygens (including phenoxy) is 2. The van der Waals surface area contributed by atoms with Gasteiger partial charge in [0, 0.05) is 13.1 Å². The Morgan fingerprint density at radius 2 is 2.04 bits per heavy atom. The van der Waals surface area contributed by atoms with Crippen LogP contribution in [0.25, 0.3) is 0 Å². The lowest BCUT2D eigenvalue weighted by Gasteiger charge is -2.25. The molecule has 0 saturated carbocycles. The molecule has 0 unspecified atom stereocenters.